The first-order chi connectivity index (χ1) is 16.1. The highest BCUT2D eigenvalue weighted by Crippen LogP contribution is 2.26. The fraction of sp³-hybridized carbons (Fsp3) is 0.100. The van der Waals surface area contributed by atoms with Gasteiger partial charge in [-0.2, -0.15) is 9.78 Å². The quantitative estimate of drug-likeness (QED) is 0.198. The maximum absolute atomic E-state index is 12.8. The van der Waals surface area contributed by atoms with E-state index in [1.807, 2.05) is 30.3 Å². The number of methoxy groups -OCH3 is 1. The number of anilines is 1. The van der Waals surface area contributed by atoms with E-state index in [1.165, 1.54) is 35.8 Å². The van der Waals surface area contributed by atoms with Crippen molar-refractivity contribution in [2.24, 2.45) is 5.10 Å². The molecular formula is C20H18N8O4S. The number of rotatable bonds is 8. The van der Waals surface area contributed by atoms with Crippen LogP contribution in [-0.4, -0.2) is 49.6 Å². The molecule has 0 aliphatic carbocycles. The Balaban J connectivity index is 1.56. The highest BCUT2D eigenvalue weighted by Gasteiger charge is 2.24. The van der Waals surface area contributed by atoms with Crippen LogP contribution in [0.4, 0.5) is 5.82 Å². The first-order valence-electron chi connectivity index (χ1n) is 9.48. The van der Waals surface area contributed by atoms with Gasteiger partial charge in [-0.25, -0.2) is 10.1 Å². The van der Waals surface area contributed by atoms with E-state index >= 15 is 0 Å². The molecule has 2 aromatic heterocycles. The normalized spacial score (nSPS) is 11.1. The fourth-order valence-electron chi connectivity index (χ4n) is 2.78. The lowest BCUT2D eigenvalue weighted by atomic mass is 10.2. The van der Waals surface area contributed by atoms with E-state index in [1.54, 1.807) is 12.1 Å². The number of amides is 1. The summed E-state index contributed by atoms with van der Waals surface area (Å²) >= 11 is 1.48. The largest absolute Gasteiger partial charge is 0.504 e. The maximum Gasteiger partial charge on any atom is 0.293 e. The number of hydrogen-bond acceptors (Lipinski definition) is 11. The summed E-state index contributed by atoms with van der Waals surface area (Å²) in [6, 6.07) is 14.3. The van der Waals surface area contributed by atoms with E-state index in [-0.39, 0.29) is 28.8 Å². The Hall–Kier alpha value is -4.39. The SMILES string of the molecule is COc1cc(/C=N\NC(=O)c2nnn(-c3nonc3N)c2CSc2ccccc2)ccc1O. The van der Waals surface area contributed by atoms with Gasteiger partial charge in [0.25, 0.3) is 5.91 Å². The molecule has 0 fully saturated rings. The number of thioether (sulfide) groups is 1. The third-order valence-corrected chi connectivity index (χ3v) is 5.40. The number of phenolic OH excluding ortho intramolecular Hbond substituents is 1. The first kappa shape index (κ1) is 21.8. The van der Waals surface area contributed by atoms with E-state index < -0.39 is 5.91 Å². The minimum absolute atomic E-state index is 0.00234. The molecule has 0 radical (unpaired) electrons. The number of aromatic nitrogens is 5. The molecule has 4 N–H and O–H groups in total. The summed E-state index contributed by atoms with van der Waals surface area (Å²) in [7, 11) is 1.44. The fourth-order valence-corrected chi connectivity index (χ4v) is 3.69. The summed E-state index contributed by atoms with van der Waals surface area (Å²) in [5, 5.41) is 28.9. The zero-order chi connectivity index (χ0) is 23.2. The molecule has 0 saturated heterocycles. The van der Waals surface area contributed by atoms with Crippen LogP contribution >= 0.6 is 11.8 Å². The van der Waals surface area contributed by atoms with Crippen LogP contribution in [0.2, 0.25) is 0 Å². The highest BCUT2D eigenvalue weighted by molar-refractivity contribution is 7.98. The highest BCUT2D eigenvalue weighted by atomic mass is 32.2. The van der Waals surface area contributed by atoms with Gasteiger partial charge in [0.15, 0.2) is 17.2 Å². The minimum atomic E-state index is -0.582. The number of hydrazone groups is 1. The van der Waals surface area contributed by atoms with Crippen molar-refractivity contribution in [1.82, 2.24) is 30.7 Å². The summed E-state index contributed by atoms with van der Waals surface area (Å²) < 4.78 is 11.0. The van der Waals surface area contributed by atoms with Crippen LogP contribution in [0.1, 0.15) is 21.7 Å². The van der Waals surface area contributed by atoms with Gasteiger partial charge >= 0.3 is 0 Å². The number of nitrogens with one attached hydrogen (secondary N) is 1. The van der Waals surface area contributed by atoms with Crippen molar-refractivity contribution in [2.45, 2.75) is 10.6 Å². The van der Waals surface area contributed by atoms with Gasteiger partial charge < -0.3 is 15.6 Å². The van der Waals surface area contributed by atoms with Gasteiger partial charge in [-0.1, -0.05) is 23.4 Å². The molecule has 2 heterocycles. The Morgan fingerprint density at radius 1 is 1.30 bits per heavy atom. The van der Waals surface area contributed by atoms with Crippen molar-refractivity contribution >= 4 is 29.7 Å². The van der Waals surface area contributed by atoms with E-state index in [0.717, 1.165) is 4.90 Å². The third-order valence-electron chi connectivity index (χ3n) is 4.38. The minimum Gasteiger partial charge on any atom is -0.504 e. The number of benzene rings is 2. The van der Waals surface area contributed by atoms with Gasteiger partial charge in [0.05, 0.1) is 19.0 Å². The molecule has 0 saturated carbocycles. The summed E-state index contributed by atoms with van der Waals surface area (Å²) in [4.78, 5) is 13.8. The van der Waals surface area contributed by atoms with E-state index in [4.69, 9.17) is 10.5 Å². The molecule has 1 amide bonds. The lowest BCUT2D eigenvalue weighted by molar-refractivity contribution is 0.0949. The van der Waals surface area contributed by atoms with Crippen molar-refractivity contribution in [2.75, 3.05) is 12.8 Å². The van der Waals surface area contributed by atoms with E-state index in [0.29, 0.717) is 17.0 Å². The number of carbonyl (C=O) groups excluding carboxylic acids is 1. The van der Waals surface area contributed by atoms with Gasteiger partial charge in [-0.3, -0.25) is 4.79 Å². The Labute approximate surface area is 191 Å². The molecule has 0 bridgehead atoms. The molecule has 13 heteroatoms. The second kappa shape index (κ2) is 9.82. The van der Waals surface area contributed by atoms with Crippen LogP contribution in [0.3, 0.4) is 0 Å². The summed E-state index contributed by atoms with van der Waals surface area (Å²) in [6.45, 7) is 0. The van der Waals surface area contributed by atoms with Crippen LogP contribution < -0.4 is 15.9 Å². The Morgan fingerprint density at radius 2 is 2.12 bits per heavy atom. The molecule has 4 rings (SSSR count). The molecule has 0 unspecified atom stereocenters. The van der Waals surface area contributed by atoms with Crippen molar-refractivity contribution in [3.05, 3.63) is 65.5 Å². The number of aromatic hydroxyl groups is 1. The summed E-state index contributed by atoms with van der Waals surface area (Å²) in [6.07, 6.45) is 1.40. The maximum atomic E-state index is 12.8. The van der Waals surface area contributed by atoms with Gasteiger partial charge in [-0.05, 0) is 46.2 Å². The van der Waals surface area contributed by atoms with Crippen LogP contribution in [0.15, 0.2) is 63.2 Å². The van der Waals surface area contributed by atoms with Crippen molar-refractivity contribution < 1.29 is 19.3 Å². The Bertz CT molecular complexity index is 1290. The smallest absolute Gasteiger partial charge is 0.293 e. The van der Waals surface area contributed by atoms with E-state index in [2.05, 4.69) is 35.8 Å². The zero-order valence-corrected chi connectivity index (χ0v) is 18.1. The topological polar surface area (TPSA) is 167 Å². The van der Waals surface area contributed by atoms with Crippen LogP contribution in [0, 0.1) is 0 Å². The average Bonchev–Trinajstić information content (AvgIpc) is 3.45. The molecule has 0 aliphatic rings. The lowest BCUT2D eigenvalue weighted by Gasteiger charge is -2.06. The predicted molar refractivity (Wildman–Crippen MR) is 119 cm³/mol. The summed E-state index contributed by atoms with van der Waals surface area (Å²) in [5.74, 6) is 0.180. The number of ether oxygens (including phenoxy) is 1. The molecule has 0 atom stereocenters. The summed E-state index contributed by atoms with van der Waals surface area (Å²) in [5.41, 5.74) is 9.31. The van der Waals surface area contributed by atoms with Crippen LogP contribution in [0.5, 0.6) is 11.5 Å². The monoisotopic (exact) mass is 466 g/mol. The lowest BCUT2D eigenvalue weighted by Crippen LogP contribution is -2.20. The molecule has 2 aromatic carbocycles. The standard InChI is InChI=1S/C20H18N8O4S/c1-31-16-9-12(7-8-15(16)29)10-22-24-20(30)17-14(11-33-13-5-3-2-4-6-13)28(27-23-17)19-18(21)25-32-26-19/h2-10,29H,11H2,1H3,(H2,21,25)(H,24,30)/b22-10-. The van der Waals surface area contributed by atoms with Crippen LogP contribution in [0.25, 0.3) is 5.82 Å². The predicted octanol–water partition coefficient (Wildman–Crippen LogP) is 2.00. The molecule has 12 nitrogen and oxygen atoms in total. The van der Waals surface area contributed by atoms with Gasteiger partial charge in [0.1, 0.15) is 0 Å². The number of nitrogen functional groups attached to an aromatic ring is 1. The molecule has 33 heavy (non-hydrogen) atoms. The Kier molecular flexibility index (Phi) is 6.50. The number of nitrogens with zero attached hydrogens (tertiary/aromatic N) is 6. The van der Waals surface area contributed by atoms with Gasteiger partial charge in [0.2, 0.25) is 11.6 Å². The number of nitrogens with two attached hydrogens (primary N) is 1. The zero-order valence-electron chi connectivity index (χ0n) is 17.2. The molecular weight excluding hydrogens is 448 g/mol. The molecule has 168 valence electrons. The second-order valence-electron chi connectivity index (χ2n) is 6.50. The number of phenols is 1. The Morgan fingerprint density at radius 3 is 2.85 bits per heavy atom. The molecule has 0 aliphatic heterocycles. The van der Waals surface area contributed by atoms with E-state index in [9.17, 15) is 9.90 Å². The number of hydrogen-bond donors (Lipinski definition) is 3. The molecule has 4 aromatic rings. The molecule has 0 spiro atoms. The van der Waals surface area contributed by atoms with Crippen molar-refractivity contribution in [1.29, 1.82) is 0 Å². The number of carbonyl (C=O) groups is 1. The van der Waals surface area contributed by atoms with Crippen molar-refractivity contribution in [3.63, 3.8) is 0 Å². The second-order valence-corrected chi connectivity index (χ2v) is 7.55. The van der Waals surface area contributed by atoms with Gasteiger partial charge in [0, 0.05) is 10.6 Å². The van der Waals surface area contributed by atoms with Crippen molar-refractivity contribution in [3.8, 4) is 17.3 Å². The van der Waals surface area contributed by atoms with Gasteiger partial charge in [-0.15, -0.1) is 16.9 Å². The third kappa shape index (κ3) is 4.93. The first-order valence-corrected chi connectivity index (χ1v) is 10.5. The van der Waals surface area contributed by atoms with Crippen LogP contribution in [-0.2, 0) is 5.75 Å². The average molecular weight is 466 g/mol.